The van der Waals surface area contributed by atoms with Crippen LogP contribution in [0.2, 0.25) is 0 Å². The first-order valence-corrected chi connectivity index (χ1v) is 4.07. The highest BCUT2D eigenvalue weighted by molar-refractivity contribution is 5.95. The number of carbonyl (C=O) groups is 1. The molecule has 0 bridgehead atoms. The largest absolute Gasteiger partial charge is 0.294 e. The third-order valence-electron chi connectivity index (χ3n) is 1.70. The number of Topliss-reactive ketones (excluding diaryl/α,β-unsaturated/α-hetero) is 1. The summed E-state index contributed by atoms with van der Waals surface area (Å²) in [5, 5.41) is 8.51. The van der Waals surface area contributed by atoms with E-state index in [9.17, 15) is 4.79 Å². The molecule has 0 saturated heterocycles. The molecule has 0 spiro atoms. The van der Waals surface area contributed by atoms with Crippen molar-refractivity contribution in [2.75, 3.05) is 0 Å². The lowest BCUT2D eigenvalue weighted by molar-refractivity contribution is 0.0972. The molecular weight excluding hydrogens is 164 g/mol. The van der Waals surface area contributed by atoms with E-state index in [1.807, 2.05) is 6.07 Å². The van der Waals surface area contributed by atoms with Crippen LogP contribution in [0.4, 0.5) is 0 Å². The molecule has 1 aromatic rings. The molecule has 0 aliphatic heterocycles. The number of hydrogen-bond donors (Lipinski definition) is 0. The molecule has 0 unspecified atom stereocenters. The maximum Gasteiger partial charge on any atom is 0.165 e. The van der Waals surface area contributed by atoms with Gasteiger partial charge in [-0.3, -0.25) is 9.78 Å². The number of nitriles is 1. The first-order valence-electron chi connectivity index (χ1n) is 4.07. The van der Waals surface area contributed by atoms with Crippen molar-refractivity contribution in [2.24, 2.45) is 5.92 Å². The van der Waals surface area contributed by atoms with Crippen LogP contribution in [0, 0.1) is 17.2 Å². The number of nitrogens with zero attached hydrogens (tertiary/aromatic N) is 2. The number of carbonyl (C=O) groups excluding carboxylic acids is 1. The Balaban J connectivity index is 2.66. The summed E-state index contributed by atoms with van der Waals surface area (Å²) in [5.41, 5.74) is 0.574. The standard InChI is InChI=1S/C10H10N2O/c1-8(6-11)5-10(13)9-3-2-4-12-7-9/h2-4,7-8H,5H2,1H3/t8-/m1/s1. The zero-order valence-corrected chi connectivity index (χ0v) is 7.40. The second-order valence-electron chi connectivity index (χ2n) is 2.90. The molecule has 0 fully saturated rings. The van der Waals surface area contributed by atoms with Crippen LogP contribution in [-0.2, 0) is 0 Å². The minimum Gasteiger partial charge on any atom is -0.294 e. The topological polar surface area (TPSA) is 53.8 Å². The number of ketones is 1. The second kappa shape index (κ2) is 4.36. The van der Waals surface area contributed by atoms with Gasteiger partial charge in [0.2, 0.25) is 0 Å². The molecular formula is C10H10N2O. The molecule has 1 rings (SSSR count). The Labute approximate surface area is 77.0 Å². The minimum atomic E-state index is -0.229. The summed E-state index contributed by atoms with van der Waals surface area (Å²) in [6.45, 7) is 1.73. The minimum absolute atomic E-state index is 0.0258. The van der Waals surface area contributed by atoms with Gasteiger partial charge in [0, 0.05) is 24.4 Å². The molecule has 0 aliphatic rings. The van der Waals surface area contributed by atoms with Crippen molar-refractivity contribution < 1.29 is 4.79 Å². The molecule has 0 amide bonds. The van der Waals surface area contributed by atoms with E-state index in [-0.39, 0.29) is 18.1 Å². The van der Waals surface area contributed by atoms with Crippen molar-refractivity contribution >= 4 is 5.78 Å². The van der Waals surface area contributed by atoms with Crippen molar-refractivity contribution in [2.45, 2.75) is 13.3 Å². The summed E-state index contributed by atoms with van der Waals surface area (Å²) in [4.78, 5) is 15.3. The Kier molecular flexibility index (Phi) is 3.15. The van der Waals surface area contributed by atoms with Crippen molar-refractivity contribution in [3.05, 3.63) is 30.1 Å². The SMILES string of the molecule is C[C@@H](C#N)CC(=O)c1cccnc1. The van der Waals surface area contributed by atoms with E-state index in [2.05, 4.69) is 4.98 Å². The molecule has 1 heterocycles. The monoisotopic (exact) mass is 174 g/mol. The Morgan fingerprint density at radius 3 is 3.08 bits per heavy atom. The fourth-order valence-electron chi connectivity index (χ4n) is 0.969. The summed E-state index contributed by atoms with van der Waals surface area (Å²) in [6, 6.07) is 5.44. The lowest BCUT2D eigenvalue weighted by atomic mass is 10.0. The molecule has 3 nitrogen and oxygen atoms in total. The Morgan fingerprint density at radius 2 is 2.54 bits per heavy atom. The number of pyridine rings is 1. The molecule has 0 radical (unpaired) electrons. The molecule has 0 N–H and O–H groups in total. The molecule has 13 heavy (non-hydrogen) atoms. The van der Waals surface area contributed by atoms with Gasteiger partial charge in [0.05, 0.1) is 12.0 Å². The fourth-order valence-corrected chi connectivity index (χ4v) is 0.969. The van der Waals surface area contributed by atoms with E-state index in [0.29, 0.717) is 5.56 Å². The molecule has 0 aromatic carbocycles. The Hall–Kier alpha value is -1.69. The van der Waals surface area contributed by atoms with E-state index in [1.54, 1.807) is 25.3 Å². The van der Waals surface area contributed by atoms with E-state index >= 15 is 0 Å². The quantitative estimate of drug-likeness (QED) is 0.656. The zero-order chi connectivity index (χ0) is 9.68. The third-order valence-corrected chi connectivity index (χ3v) is 1.70. The van der Waals surface area contributed by atoms with Gasteiger partial charge in [0.15, 0.2) is 5.78 Å². The van der Waals surface area contributed by atoms with E-state index in [0.717, 1.165) is 0 Å². The first kappa shape index (κ1) is 9.40. The van der Waals surface area contributed by atoms with Gasteiger partial charge < -0.3 is 0 Å². The summed E-state index contributed by atoms with van der Waals surface area (Å²) in [7, 11) is 0. The molecule has 1 atom stereocenters. The Bertz CT molecular complexity index is 327. The van der Waals surface area contributed by atoms with Crippen molar-refractivity contribution in [3.63, 3.8) is 0 Å². The van der Waals surface area contributed by atoms with Crippen molar-refractivity contribution in [1.82, 2.24) is 4.98 Å². The van der Waals surface area contributed by atoms with Gasteiger partial charge >= 0.3 is 0 Å². The number of hydrogen-bond acceptors (Lipinski definition) is 3. The van der Waals surface area contributed by atoms with Crippen LogP contribution in [0.25, 0.3) is 0 Å². The third kappa shape index (κ3) is 2.68. The van der Waals surface area contributed by atoms with Gasteiger partial charge in [-0.2, -0.15) is 5.26 Å². The van der Waals surface area contributed by atoms with Crippen LogP contribution in [0.1, 0.15) is 23.7 Å². The predicted octanol–water partition coefficient (Wildman–Crippen LogP) is 1.81. The average molecular weight is 174 g/mol. The summed E-state index contributed by atoms with van der Waals surface area (Å²) in [5.74, 6) is -0.255. The van der Waals surface area contributed by atoms with Crippen LogP contribution >= 0.6 is 0 Å². The Morgan fingerprint density at radius 1 is 1.77 bits per heavy atom. The van der Waals surface area contributed by atoms with E-state index in [1.165, 1.54) is 6.20 Å². The highest BCUT2D eigenvalue weighted by Gasteiger charge is 2.09. The molecule has 0 aliphatic carbocycles. The molecule has 3 heteroatoms. The lowest BCUT2D eigenvalue weighted by Gasteiger charge is -2.00. The fraction of sp³-hybridized carbons (Fsp3) is 0.300. The van der Waals surface area contributed by atoms with Gasteiger partial charge in [0.25, 0.3) is 0 Å². The maximum absolute atomic E-state index is 11.4. The van der Waals surface area contributed by atoms with Gasteiger partial charge in [-0.05, 0) is 19.1 Å². The molecule has 0 saturated carbocycles. The highest BCUT2D eigenvalue weighted by Crippen LogP contribution is 2.07. The number of rotatable bonds is 3. The summed E-state index contributed by atoms with van der Waals surface area (Å²) < 4.78 is 0. The second-order valence-corrected chi connectivity index (χ2v) is 2.90. The van der Waals surface area contributed by atoms with Crippen molar-refractivity contribution in [1.29, 1.82) is 5.26 Å². The van der Waals surface area contributed by atoms with Gasteiger partial charge in [-0.1, -0.05) is 0 Å². The van der Waals surface area contributed by atoms with Gasteiger partial charge in [-0.15, -0.1) is 0 Å². The normalized spacial score (nSPS) is 11.7. The van der Waals surface area contributed by atoms with Gasteiger partial charge in [0.1, 0.15) is 0 Å². The smallest absolute Gasteiger partial charge is 0.165 e. The average Bonchev–Trinajstić information content (AvgIpc) is 2.19. The summed E-state index contributed by atoms with van der Waals surface area (Å²) >= 11 is 0. The molecule has 66 valence electrons. The van der Waals surface area contributed by atoms with E-state index < -0.39 is 0 Å². The van der Waals surface area contributed by atoms with Crippen molar-refractivity contribution in [3.8, 4) is 6.07 Å². The highest BCUT2D eigenvalue weighted by atomic mass is 16.1. The van der Waals surface area contributed by atoms with Crippen LogP contribution in [0.5, 0.6) is 0 Å². The van der Waals surface area contributed by atoms with Gasteiger partial charge in [-0.25, -0.2) is 0 Å². The lowest BCUT2D eigenvalue weighted by Crippen LogP contribution is -2.04. The number of aromatic nitrogens is 1. The van der Waals surface area contributed by atoms with Crippen LogP contribution in [0.3, 0.4) is 0 Å². The zero-order valence-electron chi connectivity index (χ0n) is 7.40. The van der Waals surface area contributed by atoms with Crippen LogP contribution in [-0.4, -0.2) is 10.8 Å². The van der Waals surface area contributed by atoms with Crippen LogP contribution in [0.15, 0.2) is 24.5 Å². The summed E-state index contributed by atoms with van der Waals surface area (Å²) in [6.07, 6.45) is 3.40. The maximum atomic E-state index is 11.4. The van der Waals surface area contributed by atoms with E-state index in [4.69, 9.17) is 5.26 Å². The van der Waals surface area contributed by atoms with Crippen LogP contribution < -0.4 is 0 Å². The predicted molar refractivity (Wildman–Crippen MR) is 48.0 cm³/mol. The first-order chi connectivity index (χ1) is 6.24. The molecule has 1 aromatic heterocycles.